The van der Waals surface area contributed by atoms with Crippen LogP contribution in [0.15, 0.2) is 17.5 Å². The summed E-state index contributed by atoms with van der Waals surface area (Å²) in [6.45, 7) is 8.97. The van der Waals surface area contributed by atoms with Crippen molar-refractivity contribution in [3.8, 4) is 0 Å². The minimum Gasteiger partial charge on any atom is -0.312 e. The molecule has 1 rings (SSSR count). The molecule has 0 atom stereocenters. The molecule has 13 heavy (non-hydrogen) atoms. The van der Waals surface area contributed by atoms with Gasteiger partial charge in [0.05, 0.1) is 0 Å². The van der Waals surface area contributed by atoms with Crippen molar-refractivity contribution in [1.29, 1.82) is 0 Å². The SMILES string of the molecule is CC(C)(C)CCNCc1cccs1. The van der Waals surface area contributed by atoms with Crippen molar-refractivity contribution >= 4 is 11.3 Å². The van der Waals surface area contributed by atoms with Gasteiger partial charge in [0.2, 0.25) is 0 Å². The molecule has 0 fully saturated rings. The Morgan fingerprint density at radius 1 is 1.38 bits per heavy atom. The zero-order chi connectivity index (χ0) is 9.73. The zero-order valence-electron chi connectivity index (χ0n) is 8.76. The molecule has 0 aliphatic heterocycles. The van der Waals surface area contributed by atoms with E-state index in [1.165, 1.54) is 11.3 Å². The summed E-state index contributed by atoms with van der Waals surface area (Å²) in [4.78, 5) is 1.42. The molecular formula is C11H19NS. The largest absolute Gasteiger partial charge is 0.312 e. The average Bonchev–Trinajstić information content (AvgIpc) is 2.48. The Balaban J connectivity index is 2.09. The van der Waals surface area contributed by atoms with E-state index in [0.29, 0.717) is 5.41 Å². The second-order valence-electron chi connectivity index (χ2n) is 4.57. The third-order valence-corrected chi connectivity index (χ3v) is 2.81. The van der Waals surface area contributed by atoms with Gasteiger partial charge in [-0.05, 0) is 29.8 Å². The topological polar surface area (TPSA) is 12.0 Å². The van der Waals surface area contributed by atoms with Crippen molar-refractivity contribution in [2.45, 2.75) is 33.7 Å². The molecule has 2 heteroatoms. The van der Waals surface area contributed by atoms with Crippen LogP contribution < -0.4 is 5.32 Å². The van der Waals surface area contributed by atoms with Gasteiger partial charge in [-0.2, -0.15) is 0 Å². The third kappa shape index (κ3) is 5.06. The van der Waals surface area contributed by atoms with E-state index in [-0.39, 0.29) is 0 Å². The van der Waals surface area contributed by atoms with Gasteiger partial charge in [-0.3, -0.25) is 0 Å². The summed E-state index contributed by atoms with van der Waals surface area (Å²) in [6.07, 6.45) is 1.23. The molecule has 0 aromatic carbocycles. The highest BCUT2D eigenvalue weighted by Gasteiger charge is 2.08. The highest BCUT2D eigenvalue weighted by molar-refractivity contribution is 7.09. The summed E-state index contributed by atoms with van der Waals surface area (Å²) < 4.78 is 0. The van der Waals surface area contributed by atoms with Crippen molar-refractivity contribution in [3.63, 3.8) is 0 Å². The van der Waals surface area contributed by atoms with Crippen LogP contribution in [0.4, 0.5) is 0 Å². The van der Waals surface area contributed by atoms with Crippen LogP contribution in [0.25, 0.3) is 0 Å². The molecule has 0 aliphatic rings. The van der Waals surface area contributed by atoms with Crippen molar-refractivity contribution < 1.29 is 0 Å². The van der Waals surface area contributed by atoms with Crippen LogP contribution in [0.1, 0.15) is 32.1 Å². The fourth-order valence-corrected chi connectivity index (χ4v) is 1.76. The van der Waals surface area contributed by atoms with Crippen LogP contribution in [0.3, 0.4) is 0 Å². The van der Waals surface area contributed by atoms with Crippen LogP contribution >= 0.6 is 11.3 Å². The summed E-state index contributed by atoms with van der Waals surface area (Å²) >= 11 is 1.82. The molecule has 0 amide bonds. The highest BCUT2D eigenvalue weighted by atomic mass is 32.1. The fourth-order valence-electron chi connectivity index (χ4n) is 1.09. The number of hydrogen-bond donors (Lipinski definition) is 1. The molecule has 0 aliphatic carbocycles. The molecule has 0 radical (unpaired) electrons. The van der Waals surface area contributed by atoms with Crippen molar-refractivity contribution in [2.75, 3.05) is 6.54 Å². The Morgan fingerprint density at radius 3 is 2.69 bits per heavy atom. The smallest absolute Gasteiger partial charge is 0.0299 e. The van der Waals surface area contributed by atoms with Crippen LogP contribution in [-0.2, 0) is 6.54 Å². The lowest BCUT2D eigenvalue weighted by atomic mass is 9.92. The van der Waals surface area contributed by atoms with E-state index in [1.807, 2.05) is 11.3 Å². The number of nitrogens with one attached hydrogen (secondary N) is 1. The van der Waals surface area contributed by atoms with Crippen LogP contribution in [0.2, 0.25) is 0 Å². The van der Waals surface area contributed by atoms with Crippen LogP contribution in [-0.4, -0.2) is 6.54 Å². The van der Waals surface area contributed by atoms with Gasteiger partial charge >= 0.3 is 0 Å². The normalized spacial score (nSPS) is 11.9. The quantitative estimate of drug-likeness (QED) is 0.730. The van der Waals surface area contributed by atoms with Crippen molar-refractivity contribution in [1.82, 2.24) is 5.32 Å². The Kier molecular flexibility index (Phi) is 3.94. The van der Waals surface area contributed by atoms with Gasteiger partial charge in [0, 0.05) is 11.4 Å². The lowest BCUT2D eigenvalue weighted by Gasteiger charge is -2.17. The van der Waals surface area contributed by atoms with E-state index in [2.05, 4.69) is 43.6 Å². The van der Waals surface area contributed by atoms with E-state index >= 15 is 0 Å². The minimum atomic E-state index is 0.447. The first kappa shape index (κ1) is 10.7. The lowest BCUT2D eigenvalue weighted by Crippen LogP contribution is -2.19. The average molecular weight is 197 g/mol. The first-order valence-corrected chi connectivity index (χ1v) is 5.69. The molecule has 1 aromatic heterocycles. The molecule has 1 heterocycles. The van der Waals surface area contributed by atoms with Gasteiger partial charge in [-0.25, -0.2) is 0 Å². The number of rotatable bonds is 4. The van der Waals surface area contributed by atoms with Gasteiger partial charge in [0.1, 0.15) is 0 Å². The molecule has 0 saturated heterocycles. The van der Waals surface area contributed by atoms with E-state index in [1.54, 1.807) is 0 Å². The zero-order valence-corrected chi connectivity index (χ0v) is 9.58. The minimum absolute atomic E-state index is 0.447. The van der Waals surface area contributed by atoms with E-state index in [0.717, 1.165) is 13.1 Å². The van der Waals surface area contributed by atoms with Crippen molar-refractivity contribution in [2.24, 2.45) is 5.41 Å². The summed E-state index contributed by atoms with van der Waals surface area (Å²) in [5, 5.41) is 5.58. The molecule has 1 N–H and O–H groups in total. The lowest BCUT2D eigenvalue weighted by molar-refractivity contribution is 0.367. The monoisotopic (exact) mass is 197 g/mol. The van der Waals surface area contributed by atoms with Gasteiger partial charge in [-0.15, -0.1) is 11.3 Å². The van der Waals surface area contributed by atoms with Crippen LogP contribution in [0.5, 0.6) is 0 Å². The van der Waals surface area contributed by atoms with Gasteiger partial charge < -0.3 is 5.32 Å². The highest BCUT2D eigenvalue weighted by Crippen LogP contribution is 2.17. The molecule has 0 saturated carbocycles. The van der Waals surface area contributed by atoms with Crippen LogP contribution in [0, 0.1) is 5.41 Å². The maximum absolute atomic E-state index is 3.45. The number of thiophene rings is 1. The summed E-state index contributed by atoms with van der Waals surface area (Å²) in [5.74, 6) is 0. The maximum atomic E-state index is 3.45. The Hall–Kier alpha value is -0.340. The Labute approximate surface area is 85.2 Å². The van der Waals surface area contributed by atoms with E-state index < -0.39 is 0 Å². The molecule has 1 nitrogen and oxygen atoms in total. The molecule has 74 valence electrons. The second kappa shape index (κ2) is 4.77. The standard InChI is InChI=1S/C11H19NS/c1-11(2,3)6-7-12-9-10-5-4-8-13-10/h4-5,8,12H,6-7,9H2,1-3H3. The summed E-state index contributed by atoms with van der Waals surface area (Å²) in [6, 6.07) is 4.28. The van der Waals surface area contributed by atoms with Crippen molar-refractivity contribution in [3.05, 3.63) is 22.4 Å². The first-order valence-electron chi connectivity index (χ1n) is 4.81. The Morgan fingerprint density at radius 2 is 2.15 bits per heavy atom. The molecule has 0 unspecified atom stereocenters. The second-order valence-corrected chi connectivity index (χ2v) is 5.60. The maximum Gasteiger partial charge on any atom is 0.0299 e. The van der Waals surface area contributed by atoms with Gasteiger partial charge in [0.25, 0.3) is 0 Å². The molecule has 0 spiro atoms. The van der Waals surface area contributed by atoms with Gasteiger partial charge in [0.15, 0.2) is 0 Å². The summed E-state index contributed by atoms with van der Waals surface area (Å²) in [5.41, 5.74) is 0.447. The van der Waals surface area contributed by atoms with E-state index in [9.17, 15) is 0 Å². The molecule has 0 bridgehead atoms. The molecular weight excluding hydrogens is 178 g/mol. The predicted molar refractivity (Wildman–Crippen MR) is 60.1 cm³/mol. The third-order valence-electron chi connectivity index (χ3n) is 1.93. The molecule has 1 aromatic rings. The Bertz CT molecular complexity index is 221. The van der Waals surface area contributed by atoms with E-state index in [4.69, 9.17) is 0 Å². The van der Waals surface area contributed by atoms with Gasteiger partial charge in [-0.1, -0.05) is 26.8 Å². The summed E-state index contributed by atoms with van der Waals surface area (Å²) in [7, 11) is 0. The predicted octanol–water partition coefficient (Wildman–Crippen LogP) is 3.27. The fraction of sp³-hybridized carbons (Fsp3) is 0.636. The number of hydrogen-bond acceptors (Lipinski definition) is 2. The first-order chi connectivity index (χ1) is 6.08.